The average molecular weight is 573 g/mol. The van der Waals surface area contributed by atoms with Crippen LogP contribution in [0.3, 0.4) is 0 Å². The summed E-state index contributed by atoms with van der Waals surface area (Å²) < 4.78 is 10.5. The Morgan fingerprint density at radius 3 is 1.68 bits per heavy atom. The minimum atomic E-state index is -0.805. The topological polar surface area (TPSA) is 72.8 Å². The van der Waals surface area contributed by atoms with Crippen LogP contribution in [0.1, 0.15) is 136 Å². The summed E-state index contributed by atoms with van der Waals surface area (Å²) in [7, 11) is 0. The first-order valence-electron chi connectivity index (χ1n) is 16.3. The highest BCUT2D eigenvalue weighted by Crippen LogP contribution is 2.09. The molecule has 5 nitrogen and oxygen atoms in total. The number of rotatable bonds is 28. The van der Waals surface area contributed by atoms with Gasteiger partial charge in [0.1, 0.15) is 6.61 Å². The fourth-order valence-corrected chi connectivity index (χ4v) is 4.09. The molecule has 0 amide bonds. The van der Waals surface area contributed by atoms with Crippen molar-refractivity contribution < 1.29 is 24.2 Å². The summed E-state index contributed by atoms with van der Waals surface area (Å²) in [6.45, 7) is 3.91. The zero-order valence-corrected chi connectivity index (χ0v) is 26.3. The van der Waals surface area contributed by atoms with Crippen LogP contribution in [0.25, 0.3) is 0 Å². The van der Waals surface area contributed by atoms with Crippen LogP contribution in [-0.4, -0.2) is 36.4 Å². The van der Waals surface area contributed by atoms with Gasteiger partial charge in [-0.3, -0.25) is 9.59 Å². The summed E-state index contributed by atoms with van der Waals surface area (Å²) in [5, 5.41) is 9.48. The van der Waals surface area contributed by atoms with Gasteiger partial charge in [-0.1, -0.05) is 120 Å². The molecule has 0 spiro atoms. The number of aliphatic hydroxyl groups excluding tert-OH is 1. The predicted octanol–water partition coefficient (Wildman–Crippen LogP) is 9.67. The molecule has 0 saturated carbocycles. The van der Waals surface area contributed by atoms with Crippen molar-refractivity contribution >= 4 is 11.9 Å². The Kier molecular flexibility index (Phi) is 30.2. The van der Waals surface area contributed by atoms with Crippen molar-refractivity contribution in [3.8, 4) is 0 Å². The van der Waals surface area contributed by atoms with Crippen LogP contribution in [0.4, 0.5) is 0 Å². The molecule has 0 heterocycles. The van der Waals surface area contributed by atoms with Crippen LogP contribution < -0.4 is 0 Å². The molecule has 0 aliphatic carbocycles. The van der Waals surface area contributed by atoms with Crippen LogP contribution in [0.2, 0.25) is 0 Å². The molecule has 0 aromatic heterocycles. The van der Waals surface area contributed by atoms with Crippen molar-refractivity contribution in [3.05, 3.63) is 60.8 Å². The lowest BCUT2D eigenvalue weighted by atomic mass is 10.1. The van der Waals surface area contributed by atoms with Gasteiger partial charge in [0.05, 0.1) is 6.61 Å². The monoisotopic (exact) mass is 572 g/mol. The summed E-state index contributed by atoms with van der Waals surface area (Å²) >= 11 is 0. The zero-order valence-electron chi connectivity index (χ0n) is 26.3. The quantitative estimate of drug-likeness (QED) is 0.0574. The van der Waals surface area contributed by atoms with E-state index in [1.54, 1.807) is 0 Å². The summed E-state index contributed by atoms with van der Waals surface area (Å²) in [6.07, 6.45) is 40.0. The van der Waals surface area contributed by atoms with Crippen molar-refractivity contribution in [2.24, 2.45) is 0 Å². The van der Waals surface area contributed by atoms with E-state index in [2.05, 4.69) is 68.5 Å². The first kappa shape index (κ1) is 38.6. The van der Waals surface area contributed by atoms with Crippen LogP contribution >= 0.6 is 0 Å². The number of ether oxygens (including phenoxy) is 2. The van der Waals surface area contributed by atoms with E-state index in [9.17, 15) is 14.7 Å². The minimum absolute atomic E-state index is 0.108. The molecule has 41 heavy (non-hydrogen) atoms. The maximum atomic E-state index is 12.1. The van der Waals surface area contributed by atoms with E-state index in [1.165, 1.54) is 38.5 Å². The van der Waals surface area contributed by atoms with Crippen LogP contribution in [0.15, 0.2) is 60.8 Å². The SMILES string of the molecule is CC/C=C/C/C=C/C/C=C/CCCCCCC(=O)OC(CO)COC(=O)CC/C=C/C/C=C/CCCCCCCC. The fraction of sp³-hybridized carbons (Fsp3) is 0.667. The molecule has 0 rings (SSSR count). The Morgan fingerprint density at radius 1 is 0.585 bits per heavy atom. The molecule has 1 unspecified atom stereocenters. The van der Waals surface area contributed by atoms with Gasteiger partial charge in [0.2, 0.25) is 0 Å². The number of esters is 2. The highest BCUT2D eigenvalue weighted by Gasteiger charge is 2.15. The molecule has 0 saturated heterocycles. The Labute approximate surface area is 251 Å². The standard InChI is InChI=1S/C36H60O5/c1-3-5-7-9-11-13-15-17-19-21-23-25-27-29-31-36(39)41-34(32-37)33-40-35(38)30-28-26-24-22-20-18-16-14-12-10-8-6-4-2/h5,7,11,13,17-20,24,26,34,37H,3-4,6,8-10,12,14-16,21-23,25,27-33H2,1-2H3/b7-5+,13-11+,19-17+,20-18+,26-24+. The number of aliphatic hydroxyl groups is 1. The molecule has 0 radical (unpaired) electrons. The van der Waals surface area contributed by atoms with E-state index in [0.717, 1.165) is 64.2 Å². The van der Waals surface area contributed by atoms with Gasteiger partial charge in [0.15, 0.2) is 6.10 Å². The first-order chi connectivity index (χ1) is 20.1. The van der Waals surface area contributed by atoms with Gasteiger partial charge in [-0.15, -0.1) is 0 Å². The number of hydrogen-bond acceptors (Lipinski definition) is 5. The lowest BCUT2D eigenvalue weighted by molar-refractivity contribution is -0.161. The fourth-order valence-electron chi connectivity index (χ4n) is 4.09. The van der Waals surface area contributed by atoms with Gasteiger partial charge in [-0.2, -0.15) is 0 Å². The Morgan fingerprint density at radius 2 is 1.10 bits per heavy atom. The molecule has 5 heteroatoms. The van der Waals surface area contributed by atoms with E-state index < -0.39 is 6.10 Å². The van der Waals surface area contributed by atoms with E-state index in [0.29, 0.717) is 12.8 Å². The third-order valence-corrected chi connectivity index (χ3v) is 6.56. The number of allylic oxidation sites excluding steroid dienone is 10. The number of carbonyl (C=O) groups excluding carboxylic acids is 2. The van der Waals surface area contributed by atoms with Gasteiger partial charge in [0.25, 0.3) is 0 Å². The lowest BCUT2D eigenvalue weighted by Crippen LogP contribution is -2.28. The molecule has 0 aliphatic heterocycles. The predicted molar refractivity (Wildman–Crippen MR) is 173 cm³/mol. The molecule has 0 aromatic rings. The third-order valence-electron chi connectivity index (χ3n) is 6.56. The van der Waals surface area contributed by atoms with Gasteiger partial charge in [0, 0.05) is 12.8 Å². The molecular formula is C36H60O5. The third kappa shape index (κ3) is 30.4. The highest BCUT2D eigenvalue weighted by molar-refractivity contribution is 5.70. The highest BCUT2D eigenvalue weighted by atomic mass is 16.6. The summed E-state index contributed by atoms with van der Waals surface area (Å²) in [6, 6.07) is 0. The normalized spacial score (nSPS) is 13.0. The van der Waals surface area contributed by atoms with E-state index in [-0.39, 0.29) is 31.6 Å². The maximum absolute atomic E-state index is 12.1. The lowest BCUT2D eigenvalue weighted by Gasteiger charge is -2.15. The zero-order chi connectivity index (χ0) is 30.1. The van der Waals surface area contributed by atoms with Crippen molar-refractivity contribution in [2.75, 3.05) is 13.2 Å². The second-order valence-electron chi connectivity index (χ2n) is 10.5. The van der Waals surface area contributed by atoms with Crippen LogP contribution in [-0.2, 0) is 19.1 Å². The molecule has 1 atom stereocenters. The average Bonchev–Trinajstić information content (AvgIpc) is 2.97. The number of unbranched alkanes of at least 4 members (excludes halogenated alkanes) is 10. The van der Waals surface area contributed by atoms with Crippen LogP contribution in [0, 0.1) is 0 Å². The van der Waals surface area contributed by atoms with Gasteiger partial charge < -0.3 is 14.6 Å². The van der Waals surface area contributed by atoms with E-state index in [1.807, 2.05) is 6.08 Å². The first-order valence-corrected chi connectivity index (χ1v) is 16.3. The molecule has 0 fully saturated rings. The molecule has 0 aromatic carbocycles. The van der Waals surface area contributed by atoms with Gasteiger partial charge in [-0.05, 0) is 64.2 Å². The Balaban J connectivity index is 3.74. The van der Waals surface area contributed by atoms with Crippen molar-refractivity contribution in [1.29, 1.82) is 0 Å². The Bertz CT molecular complexity index is 747. The van der Waals surface area contributed by atoms with E-state index in [4.69, 9.17) is 9.47 Å². The minimum Gasteiger partial charge on any atom is -0.462 e. The van der Waals surface area contributed by atoms with Crippen molar-refractivity contribution in [2.45, 2.75) is 142 Å². The molecule has 234 valence electrons. The van der Waals surface area contributed by atoms with E-state index >= 15 is 0 Å². The number of carbonyl (C=O) groups is 2. The smallest absolute Gasteiger partial charge is 0.306 e. The second kappa shape index (κ2) is 32.1. The summed E-state index contributed by atoms with van der Waals surface area (Å²) in [5.41, 5.74) is 0. The molecule has 0 aliphatic rings. The van der Waals surface area contributed by atoms with Crippen LogP contribution in [0.5, 0.6) is 0 Å². The summed E-state index contributed by atoms with van der Waals surface area (Å²) in [4.78, 5) is 24.0. The van der Waals surface area contributed by atoms with Gasteiger partial charge in [-0.25, -0.2) is 0 Å². The molecule has 1 N–H and O–H groups in total. The second-order valence-corrected chi connectivity index (χ2v) is 10.5. The molecular weight excluding hydrogens is 512 g/mol. The number of hydrogen-bond donors (Lipinski definition) is 1. The van der Waals surface area contributed by atoms with Gasteiger partial charge >= 0.3 is 11.9 Å². The summed E-state index contributed by atoms with van der Waals surface area (Å²) in [5.74, 6) is -0.704. The largest absolute Gasteiger partial charge is 0.462 e. The van der Waals surface area contributed by atoms with Crippen molar-refractivity contribution in [3.63, 3.8) is 0 Å². The maximum Gasteiger partial charge on any atom is 0.306 e. The van der Waals surface area contributed by atoms with Crippen molar-refractivity contribution in [1.82, 2.24) is 0 Å². The molecule has 0 bridgehead atoms. The Hall–Kier alpha value is -2.40.